The standard InChI is InChI=1S/C14H24N2OS/c1-3-12-13(10-17)18-14(15-12)7-9-16-8-5-4-6-11(16)2/h11,17H,3-10H2,1-2H3. The molecule has 1 fully saturated rings. The average molecular weight is 268 g/mol. The van der Waals surface area contributed by atoms with Crippen molar-refractivity contribution >= 4 is 11.3 Å². The van der Waals surface area contributed by atoms with Crippen molar-refractivity contribution in [3.05, 3.63) is 15.6 Å². The Morgan fingerprint density at radius 1 is 1.44 bits per heavy atom. The summed E-state index contributed by atoms with van der Waals surface area (Å²) in [6.45, 7) is 6.92. The fraction of sp³-hybridized carbons (Fsp3) is 0.786. The minimum atomic E-state index is 0.140. The highest BCUT2D eigenvalue weighted by molar-refractivity contribution is 7.11. The Balaban J connectivity index is 1.91. The molecular weight excluding hydrogens is 244 g/mol. The molecule has 1 unspecified atom stereocenters. The van der Waals surface area contributed by atoms with E-state index in [1.165, 1.54) is 30.8 Å². The molecule has 0 amide bonds. The summed E-state index contributed by atoms with van der Waals surface area (Å²) in [6, 6.07) is 0.724. The van der Waals surface area contributed by atoms with Gasteiger partial charge in [0.1, 0.15) is 0 Å². The van der Waals surface area contributed by atoms with Crippen LogP contribution in [0.2, 0.25) is 0 Å². The van der Waals surface area contributed by atoms with Gasteiger partial charge in [-0.25, -0.2) is 4.98 Å². The second-order valence-electron chi connectivity index (χ2n) is 5.12. The molecule has 0 spiro atoms. The molecule has 2 heterocycles. The van der Waals surface area contributed by atoms with Crippen LogP contribution in [-0.2, 0) is 19.4 Å². The Hall–Kier alpha value is -0.450. The molecule has 1 aromatic heterocycles. The predicted octanol–water partition coefficient (Wildman–Crippen LogP) is 2.61. The summed E-state index contributed by atoms with van der Waals surface area (Å²) < 4.78 is 0. The van der Waals surface area contributed by atoms with Crippen molar-refractivity contribution in [3.8, 4) is 0 Å². The van der Waals surface area contributed by atoms with Crippen LogP contribution >= 0.6 is 11.3 Å². The van der Waals surface area contributed by atoms with Crippen molar-refractivity contribution in [1.29, 1.82) is 0 Å². The van der Waals surface area contributed by atoms with E-state index < -0.39 is 0 Å². The number of aryl methyl sites for hydroxylation is 1. The van der Waals surface area contributed by atoms with E-state index in [1.54, 1.807) is 11.3 Å². The molecule has 3 nitrogen and oxygen atoms in total. The van der Waals surface area contributed by atoms with Crippen molar-refractivity contribution in [3.63, 3.8) is 0 Å². The number of piperidine rings is 1. The lowest BCUT2D eigenvalue weighted by molar-refractivity contribution is 0.163. The first-order chi connectivity index (χ1) is 8.74. The predicted molar refractivity (Wildman–Crippen MR) is 76.0 cm³/mol. The molecule has 0 saturated carbocycles. The lowest BCUT2D eigenvalue weighted by atomic mass is 10.0. The first kappa shape index (κ1) is 14.0. The first-order valence-corrected chi connectivity index (χ1v) is 7.88. The van der Waals surface area contributed by atoms with E-state index >= 15 is 0 Å². The van der Waals surface area contributed by atoms with Gasteiger partial charge in [-0.2, -0.15) is 0 Å². The maximum atomic E-state index is 9.28. The van der Waals surface area contributed by atoms with Gasteiger partial charge in [0.05, 0.1) is 22.2 Å². The molecule has 1 atom stereocenters. The SMILES string of the molecule is CCc1nc(CCN2CCCCC2C)sc1CO. The van der Waals surface area contributed by atoms with Gasteiger partial charge >= 0.3 is 0 Å². The molecule has 18 heavy (non-hydrogen) atoms. The minimum absolute atomic E-state index is 0.140. The Labute approximate surface area is 114 Å². The zero-order chi connectivity index (χ0) is 13.0. The molecule has 2 rings (SSSR count). The summed E-state index contributed by atoms with van der Waals surface area (Å²) in [5, 5.41) is 10.5. The molecule has 102 valence electrons. The van der Waals surface area contributed by atoms with Crippen LogP contribution in [0, 0.1) is 0 Å². The fourth-order valence-electron chi connectivity index (χ4n) is 2.67. The van der Waals surface area contributed by atoms with Crippen LogP contribution in [0.5, 0.6) is 0 Å². The molecule has 0 aliphatic carbocycles. The Bertz CT molecular complexity index is 356. The monoisotopic (exact) mass is 268 g/mol. The number of hydrogen-bond acceptors (Lipinski definition) is 4. The van der Waals surface area contributed by atoms with Gasteiger partial charge in [0.25, 0.3) is 0 Å². The van der Waals surface area contributed by atoms with Gasteiger partial charge in [-0.15, -0.1) is 11.3 Å². The van der Waals surface area contributed by atoms with Gasteiger partial charge in [-0.3, -0.25) is 0 Å². The number of hydrogen-bond donors (Lipinski definition) is 1. The zero-order valence-corrected chi connectivity index (χ0v) is 12.3. The van der Waals surface area contributed by atoms with Crippen molar-refractivity contribution < 1.29 is 5.11 Å². The van der Waals surface area contributed by atoms with E-state index in [-0.39, 0.29) is 6.61 Å². The highest BCUT2D eigenvalue weighted by Crippen LogP contribution is 2.21. The Morgan fingerprint density at radius 3 is 2.89 bits per heavy atom. The third-order valence-electron chi connectivity index (χ3n) is 3.85. The van der Waals surface area contributed by atoms with Gasteiger partial charge in [-0.05, 0) is 32.7 Å². The third kappa shape index (κ3) is 3.31. The highest BCUT2D eigenvalue weighted by Gasteiger charge is 2.18. The van der Waals surface area contributed by atoms with Crippen molar-refractivity contribution in [2.24, 2.45) is 0 Å². The molecule has 4 heteroatoms. The molecule has 1 aromatic rings. The van der Waals surface area contributed by atoms with Crippen molar-refractivity contribution in [2.75, 3.05) is 13.1 Å². The topological polar surface area (TPSA) is 36.4 Å². The fourth-order valence-corrected chi connectivity index (χ4v) is 3.68. The average Bonchev–Trinajstić information content (AvgIpc) is 2.80. The lowest BCUT2D eigenvalue weighted by Gasteiger charge is -2.33. The minimum Gasteiger partial charge on any atom is -0.391 e. The maximum absolute atomic E-state index is 9.28. The number of aromatic nitrogens is 1. The Morgan fingerprint density at radius 2 is 2.28 bits per heavy atom. The van der Waals surface area contributed by atoms with Gasteiger partial charge in [-0.1, -0.05) is 13.3 Å². The van der Waals surface area contributed by atoms with E-state index in [0.717, 1.165) is 36.0 Å². The quantitative estimate of drug-likeness (QED) is 0.892. The van der Waals surface area contributed by atoms with Gasteiger partial charge in [0.15, 0.2) is 0 Å². The van der Waals surface area contributed by atoms with E-state index in [0.29, 0.717) is 0 Å². The normalized spacial score (nSPS) is 21.4. The number of aliphatic hydroxyl groups is 1. The van der Waals surface area contributed by atoms with E-state index in [1.807, 2.05) is 0 Å². The summed E-state index contributed by atoms with van der Waals surface area (Å²) in [5.74, 6) is 0. The van der Waals surface area contributed by atoms with E-state index in [9.17, 15) is 5.11 Å². The molecule has 0 bridgehead atoms. The van der Waals surface area contributed by atoms with E-state index in [2.05, 4.69) is 23.7 Å². The van der Waals surface area contributed by atoms with Crippen LogP contribution in [0.25, 0.3) is 0 Å². The Kier molecular flexibility index (Phi) is 5.15. The molecule has 1 saturated heterocycles. The van der Waals surface area contributed by atoms with Gasteiger partial charge < -0.3 is 10.0 Å². The highest BCUT2D eigenvalue weighted by atomic mass is 32.1. The van der Waals surface area contributed by atoms with Crippen molar-refractivity contribution in [2.45, 2.75) is 58.6 Å². The van der Waals surface area contributed by atoms with E-state index in [4.69, 9.17) is 0 Å². The number of thiazole rings is 1. The molecule has 1 aliphatic rings. The molecule has 0 aromatic carbocycles. The molecule has 0 radical (unpaired) electrons. The lowest BCUT2D eigenvalue weighted by Crippen LogP contribution is -2.38. The van der Waals surface area contributed by atoms with Gasteiger partial charge in [0.2, 0.25) is 0 Å². The van der Waals surface area contributed by atoms with Crippen LogP contribution in [0.3, 0.4) is 0 Å². The number of aliphatic hydroxyl groups excluding tert-OH is 1. The second kappa shape index (κ2) is 6.64. The summed E-state index contributed by atoms with van der Waals surface area (Å²) >= 11 is 1.69. The number of nitrogens with zero attached hydrogens (tertiary/aromatic N) is 2. The molecule has 1 N–H and O–H groups in total. The largest absolute Gasteiger partial charge is 0.391 e. The van der Waals surface area contributed by atoms with Crippen LogP contribution in [-0.4, -0.2) is 34.1 Å². The summed E-state index contributed by atoms with van der Waals surface area (Å²) in [7, 11) is 0. The number of likely N-dealkylation sites (tertiary alicyclic amines) is 1. The second-order valence-corrected chi connectivity index (χ2v) is 6.29. The molecule has 1 aliphatic heterocycles. The molecular formula is C14H24N2OS. The zero-order valence-electron chi connectivity index (χ0n) is 11.5. The maximum Gasteiger partial charge on any atom is 0.0944 e. The first-order valence-electron chi connectivity index (χ1n) is 7.07. The third-order valence-corrected chi connectivity index (χ3v) is 5.00. The van der Waals surface area contributed by atoms with Crippen LogP contribution in [0.15, 0.2) is 0 Å². The van der Waals surface area contributed by atoms with Crippen LogP contribution in [0.1, 0.15) is 48.7 Å². The van der Waals surface area contributed by atoms with Gasteiger partial charge in [0, 0.05) is 19.0 Å². The number of rotatable bonds is 5. The summed E-state index contributed by atoms with van der Waals surface area (Å²) in [6.07, 6.45) is 6.00. The van der Waals surface area contributed by atoms with Crippen LogP contribution < -0.4 is 0 Å². The smallest absolute Gasteiger partial charge is 0.0944 e. The van der Waals surface area contributed by atoms with Crippen molar-refractivity contribution in [1.82, 2.24) is 9.88 Å². The van der Waals surface area contributed by atoms with Crippen LogP contribution in [0.4, 0.5) is 0 Å². The summed E-state index contributed by atoms with van der Waals surface area (Å²) in [4.78, 5) is 8.27. The summed E-state index contributed by atoms with van der Waals surface area (Å²) in [5.41, 5.74) is 1.09.